The van der Waals surface area contributed by atoms with Gasteiger partial charge in [-0.05, 0) is 80.3 Å². The lowest BCUT2D eigenvalue weighted by molar-refractivity contribution is 0.199. The van der Waals surface area contributed by atoms with Gasteiger partial charge in [0.15, 0.2) is 0 Å². The lowest BCUT2D eigenvalue weighted by Crippen LogP contribution is -2.09. The van der Waals surface area contributed by atoms with Crippen LogP contribution in [0.15, 0.2) is 77.7 Å². The fraction of sp³-hybridized carbons (Fsp3) is 0.207. The maximum atomic E-state index is 9.92. The van der Waals surface area contributed by atoms with Gasteiger partial charge in [0.2, 0.25) is 0 Å². The molecular weight excluding hydrogens is 436 g/mol. The maximum Gasteiger partial charge on any atom is 0.134 e. The van der Waals surface area contributed by atoms with E-state index >= 15 is 0 Å². The molecule has 2 aromatic carbocycles. The lowest BCUT2D eigenvalue weighted by atomic mass is 9.99. The number of aryl methyl sites for hydroxylation is 2. The number of aliphatic hydroxyl groups excluding tert-OH is 1. The molecule has 1 unspecified atom stereocenters. The highest BCUT2D eigenvalue weighted by Gasteiger charge is 2.12. The fourth-order valence-electron chi connectivity index (χ4n) is 4.24. The summed E-state index contributed by atoms with van der Waals surface area (Å²) in [7, 11) is 0. The van der Waals surface area contributed by atoms with Crippen molar-refractivity contribution >= 4 is 16.8 Å². The number of furan rings is 1. The Balaban J connectivity index is 1.41. The highest BCUT2D eigenvalue weighted by atomic mass is 16.3. The zero-order chi connectivity index (χ0) is 24.5. The second kappa shape index (κ2) is 9.31. The summed E-state index contributed by atoms with van der Waals surface area (Å²) in [4.78, 5) is 13.6. The van der Waals surface area contributed by atoms with Crippen LogP contribution >= 0.6 is 0 Å². The first kappa shape index (κ1) is 22.7. The molecule has 0 bridgehead atoms. The Labute approximate surface area is 204 Å². The Bertz CT molecular complexity index is 1510. The molecular formula is C29H28N4O2. The summed E-state index contributed by atoms with van der Waals surface area (Å²) in [6.45, 7) is 7.81. The van der Waals surface area contributed by atoms with E-state index < -0.39 is 6.10 Å². The zero-order valence-electron chi connectivity index (χ0n) is 20.3. The SMILES string of the molecule is Cc1nc(N[C@@H](C)c2cccc(-c3cncc(C(C)O)c3)c2)cc(-c2ccc3occ(C)c3c2)n1. The third-order valence-electron chi connectivity index (χ3n) is 6.23. The third-order valence-corrected chi connectivity index (χ3v) is 6.23. The van der Waals surface area contributed by atoms with E-state index in [0.717, 1.165) is 55.9 Å². The Morgan fingerprint density at radius 2 is 1.69 bits per heavy atom. The van der Waals surface area contributed by atoms with Crippen molar-refractivity contribution in [3.05, 3.63) is 95.8 Å². The van der Waals surface area contributed by atoms with Crippen molar-refractivity contribution in [1.82, 2.24) is 15.0 Å². The number of aliphatic hydroxyl groups is 1. The van der Waals surface area contributed by atoms with Gasteiger partial charge < -0.3 is 14.8 Å². The molecule has 3 heterocycles. The number of rotatable bonds is 6. The van der Waals surface area contributed by atoms with Crippen molar-refractivity contribution in [2.24, 2.45) is 0 Å². The number of nitrogens with one attached hydrogen (secondary N) is 1. The standard InChI is InChI=1S/C29H28N4O2/c1-17-16-35-28-9-8-23(12-26(17)28)27-13-29(33-20(4)32-27)31-18(2)21-6-5-7-22(10-21)25-11-24(19(3)34)14-30-15-25/h5-16,18-19,34H,1-4H3,(H,31,32,33)/t18-,19?/m0/s1. The molecule has 5 rings (SSSR count). The summed E-state index contributed by atoms with van der Waals surface area (Å²) < 4.78 is 5.59. The fourth-order valence-corrected chi connectivity index (χ4v) is 4.24. The van der Waals surface area contributed by atoms with E-state index in [-0.39, 0.29) is 6.04 Å². The highest BCUT2D eigenvalue weighted by molar-refractivity contribution is 5.85. The highest BCUT2D eigenvalue weighted by Crippen LogP contribution is 2.30. The second-order valence-corrected chi connectivity index (χ2v) is 8.99. The molecule has 35 heavy (non-hydrogen) atoms. The van der Waals surface area contributed by atoms with Crippen LogP contribution in [0.4, 0.5) is 5.82 Å². The first-order valence-corrected chi connectivity index (χ1v) is 11.7. The first-order chi connectivity index (χ1) is 16.9. The van der Waals surface area contributed by atoms with Crippen LogP contribution in [0.25, 0.3) is 33.4 Å². The number of aromatic nitrogens is 3. The molecule has 0 amide bonds. The van der Waals surface area contributed by atoms with Gasteiger partial charge in [0.05, 0.1) is 18.1 Å². The summed E-state index contributed by atoms with van der Waals surface area (Å²) in [6.07, 6.45) is 4.74. The second-order valence-electron chi connectivity index (χ2n) is 8.99. The molecule has 0 spiro atoms. The molecule has 6 heteroatoms. The quantitative estimate of drug-likeness (QED) is 0.288. The summed E-state index contributed by atoms with van der Waals surface area (Å²) in [5.74, 6) is 1.48. The van der Waals surface area contributed by atoms with E-state index in [1.165, 1.54) is 0 Å². The van der Waals surface area contributed by atoms with Crippen LogP contribution in [0.1, 0.15) is 48.5 Å². The van der Waals surface area contributed by atoms with Crippen molar-refractivity contribution in [2.75, 3.05) is 5.32 Å². The Hall–Kier alpha value is -4.03. The van der Waals surface area contributed by atoms with E-state index in [4.69, 9.17) is 4.42 Å². The average Bonchev–Trinajstić information content (AvgIpc) is 3.24. The van der Waals surface area contributed by atoms with Crippen molar-refractivity contribution in [3.8, 4) is 22.4 Å². The van der Waals surface area contributed by atoms with Gasteiger partial charge in [-0.3, -0.25) is 4.98 Å². The van der Waals surface area contributed by atoms with Gasteiger partial charge in [0.1, 0.15) is 17.2 Å². The molecule has 2 atom stereocenters. The van der Waals surface area contributed by atoms with Crippen LogP contribution in [0.5, 0.6) is 0 Å². The van der Waals surface area contributed by atoms with Crippen LogP contribution in [0.3, 0.4) is 0 Å². The summed E-state index contributed by atoms with van der Waals surface area (Å²) in [5.41, 5.74) is 7.81. The minimum atomic E-state index is -0.556. The van der Waals surface area contributed by atoms with Gasteiger partial charge in [-0.2, -0.15) is 0 Å². The summed E-state index contributed by atoms with van der Waals surface area (Å²) in [5, 5.41) is 14.5. The molecule has 0 saturated heterocycles. The van der Waals surface area contributed by atoms with Crippen LogP contribution in [-0.2, 0) is 0 Å². The predicted octanol–water partition coefficient (Wildman–Crippen LogP) is 6.80. The Kier molecular flexibility index (Phi) is 6.05. The smallest absolute Gasteiger partial charge is 0.134 e. The number of hydrogen-bond donors (Lipinski definition) is 2. The van der Waals surface area contributed by atoms with Crippen LogP contribution in [-0.4, -0.2) is 20.1 Å². The molecule has 3 aromatic heterocycles. The molecule has 2 N–H and O–H groups in total. The van der Waals surface area contributed by atoms with Crippen molar-refractivity contribution < 1.29 is 9.52 Å². The average molecular weight is 465 g/mol. The molecule has 0 aliphatic rings. The molecule has 0 aliphatic heterocycles. The number of pyridine rings is 1. The minimum absolute atomic E-state index is 0.0172. The molecule has 0 aliphatic carbocycles. The predicted molar refractivity (Wildman–Crippen MR) is 139 cm³/mol. The molecule has 6 nitrogen and oxygen atoms in total. The Morgan fingerprint density at radius 3 is 2.51 bits per heavy atom. The van der Waals surface area contributed by atoms with E-state index in [9.17, 15) is 5.11 Å². The van der Waals surface area contributed by atoms with Crippen molar-refractivity contribution in [2.45, 2.75) is 39.8 Å². The molecule has 0 saturated carbocycles. The first-order valence-electron chi connectivity index (χ1n) is 11.7. The summed E-state index contributed by atoms with van der Waals surface area (Å²) >= 11 is 0. The monoisotopic (exact) mass is 464 g/mol. The largest absolute Gasteiger partial charge is 0.464 e. The van der Waals surface area contributed by atoms with Crippen LogP contribution in [0.2, 0.25) is 0 Å². The van der Waals surface area contributed by atoms with Crippen LogP contribution in [0, 0.1) is 13.8 Å². The molecule has 176 valence electrons. The van der Waals surface area contributed by atoms with Gasteiger partial charge in [-0.15, -0.1) is 0 Å². The Morgan fingerprint density at radius 1 is 0.857 bits per heavy atom. The number of anilines is 1. The maximum absolute atomic E-state index is 9.92. The van der Waals surface area contributed by atoms with Gasteiger partial charge in [0.25, 0.3) is 0 Å². The van der Waals surface area contributed by atoms with E-state index in [2.05, 4.69) is 51.5 Å². The van der Waals surface area contributed by atoms with E-state index in [1.807, 2.05) is 50.4 Å². The minimum Gasteiger partial charge on any atom is -0.464 e. The normalized spacial score (nSPS) is 13.1. The van der Waals surface area contributed by atoms with Crippen molar-refractivity contribution in [3.63, 3.8) is 0 Å². The van der Waals surface area contributed by atoms with E-state index in [1.54, 1.807) is 19.4 Å². The topological polar surface area (TPSA) is 84.1 Å². The molecule has 0 radical (unpaired) electrons. The molecule has 5 aromatic rings. The number of fused-ring (bicyclic) bond motifs is 1. The van der Waals surface area contributed by atoms with Gasteiger partial charge in [-0.1, -0.05) is 18.2 Å². The van der Waals surface area contributed by atoms with Gasteiger partial charge in [-0.25, -0.2) is 9.97 Å². The lowest BCUT2D eigenvalue weighted by Gasteiger charge is -2.17. The summed E-state index contributed by atoms with van der Waals surface area (Å²) in [6, 6.07) is 18.4. The third kappa shape index (κ3) is 4.79. The zero-order valence-corrected chi connectivity index (χ0v) is 20.3. The number of nitrogens with zero attached hydrogens (tertiary/aromatic N) is 3. The van der Waals surface area contributed by atoms with Crippen molar-refractivity contribution in [1.29, 1.82) is 0 Å². The van der Waals surface area contributed by atoms with Gasteiger partial charge in [0, 0.05) is 41.0 Å². The number of benzene rings is 2. The van der Waals surface area contributed by atoms with Gasteiger partial charge >= 0.3 is 0 Å². The van der Waals surface area contributed by atoms with Crippen LogP contribution < -0.4 is 5.32 Å². The molecule has 0 fully saturated rings. The van der Waals surface area contributed by atoms with E-state index in [0.29, 0.717) is 5.82 Å². The number of hydrogen-bond acceptors (Lipinski definition) is 6.